The van der Waals surface area contributed by atoms with E-state index in [4.69, 9.17) is 0 Å². The average Bonchev–Trinajstić information content (AvgIpc) is 2.87. The van der Waals surface area contributed by atoms with E-state index >= 15 is 0 Å². The highest BCUT2D eigenvalue weighted by molar-refractivity contribution is 5.82. The van der Waals surface area contributed by atoms with E-state index in [9.17, 15) is 9.59 Å². The number of amides is 1. The summed E-state index contributed by atoms with van der Waals surface area (Å²) in [5, 5.41) is 6.28. The van der Waals surface area contributed by atoms with Crippen LogP contribution in [-0.4, -0.2) is 28.5 Å². The first-order chi connectivity index (χ1) is 10.1. The van der Waals surface area contributed by atoms with E-state index in [0.717, 1.165) is 42.4 Å². The monoisotopic (exact) mass is 288 g/mol. The number of rotatable bonds is 3. The van der Waals surface area contributed by atoms with Crippen molar-refractivity contribution in [2.24, 2.45) is 0 Å². The van der Waals surface area contributed by atoms with Crippen LogP contribution in [0.4, 0.5) is 0 Å². The van der Waals surface area contributed by atoms with Gasteiger partial charge in [-0.3, -0.25) is 4.79 Å². The lowest BCUT2D eigenvalue weighted by molar-refractivity contribution is -0.124. The number of aromatic amines is 2. The molecule has 1 aliphatic heterocycles. The van der Waals surface area contributed by atoms with Crippen molar-refractivity contribution in [1.29, 1.82) is 0 Å². The Balaban J connectivity index is 1.72. The zero-order valence-electron chi connectivity index (χ0n) is 12.0. The molecule has 0 radical (unpaired) electrons. The maximum absolute atomic E-state index is 12.2. The van der Waals surface area contributed by atoms with Crippen molar-refractivity contribution in [2.75, 3.05) is 6.54 Å². The summed E-state index contributed by atoms with van der Waals surface area (Å²) in [6.45, 7) is 2.86. The van der Waals surface area contributed by atoms with Crippen molar-refractivity contribution >= 4 is 16.9 Å². The Morgan fingerprint density at radius 1 is 1.29 bits per heavy atom. The first-order valence-electron chi connectivity index (χ1n) is 7.39. The molecule has 1 saturated heterocycles. The van der Waals surface area contributed by atoms with Gasteiger partial charge in [-0.15, -0.1) is 0 Å². The van der Waals surface area contributed by atoms with Crippen LogP contribution in [0.5, 0.6) is 0 Å². The first kappa shape index (κ1) is 13.9. The van der Waals surface area contributed by atoms with E-state index in [1.165, 1.54) is 0 Å². The van der Waals surface area contributed by atoms with Gasteiger partial charge in [0, 0.05) is 0 Å². The molecule has 1 aromatic heterocycles. The third-order valence-corrected chi connectivity index (χ3v) is 4.03. The molecule has 1 amide bonds. The summed E-state index contributed by atoms with van der Waals surface area (Å²) in [7, 11) is 0. The summed E-state index contributed by atoms with van der Waals surface area (Å²) < 4.78 is 0. The second kappa shape index (κ2) is 5.73. The Morgan fingerprint density at radius 2 is 2.10 bits per heavy atom. The standard InChI is InChI=1S/C15H20N4O2/c1-9(17-14(20)12-4-2-3-7-16-12)10-5-6-11-13(8-10)19-15(21)18-11/h5-6,8-9,12,16H,2-4,7H2,1H3,(H,17,20)(H2,18,19,21). The van der Waals surface area contributed by atoms with Crippen LogP contribution in [0.25, 0.3) is 11.0 Å². The summed E-state index contributed by atoms with van der Waals surface area (Å²) in [6.07, 6.45) is 3.12. The molecule has 0 saturated carbocycles. The van der Waals surface area contributed by atoms with E-state index in [1.54, 1.807) is 0 Å². The molecule has 1 aromatic carbocycles. The maximum Gasteiger partial charge on any atom is 0.323 e. The minimum absolute atomic E-state index is 0.0462. The number of carbonyl (C=O) groups is 1. The minimum Gasteiger partial charge on any atom is -0.348 e. The van der Waals surface area contributed by atoms with Gasteiger partial charge in [0.1, 0.15) is 0 Å². The van der Waals surface area contributed by atoms with E-state index in [-0.39, 0.29) is 23.7 Å². The van der Waals surface area contributed by atoms with E-state index in [0.29, 0.717) is 0 Å². The molecule has 4 N–H and O–H groups in total. The Morgan fingerprint density at radius 3 is 2.86 bits per heavy atom. The van der Waals surface area contributed by atoms with E-state index in [2.05, 4.69) is 20.6 Å². The molecule has 2 unspecified atom stereocenters. The zero-order chi connectivity index (χ0) is 14.8. The molecule has 112 valence electrons. The molecule has 1 aliphatic rings. The Hall–Kier alpha value is -2.08. The molecule has 2 aromatic rings. The molecule has 0 aliphatic carbocycles. The van der Waals surface area contributed by atoms with Crippen molar-refractivity contribution in [1.82, 2.24) is 20.6 Å². The van der Waals surface area contributed by atoms with Crippen LogP contribution in [0.2, 0.25) is 0 Å². The summed E-state index contributed by atoms with van der Waals surface area (Å²) in [5.74, 6) is 0.0462. The molecule has 0 bridgehead atoms. The second-order valence-corrected chi connectivity index (χ2v) is 5.62. The summed E-state index contributed by atoms with van der Waals surface area (Å²) in [5.41, 5.74) is 2.29. The van der Waals surface area contributed by atoms with E-state index < -0.39 is 0 Å². The number of imidazole rings is 1. The third kappa shape index (κ3) is 3.00. The van der Waals surface area contributed by atoms with Crippen LogP contribution in [-0.2, 0) is 4.79 Å². The van der Waals surface area contributed by atoms with Crippen molar-refractivity contribution in [2.45, 2.75) is 38.3 Å². The lowest BCUT2D eigenvalue weighted by Crippen LogP contribution is -2.47. The fourth-order valence-corrected chi connectivity index (χ4v) is 2.79. The van der Waals surface area contributed by atoms with Gasteiger partial charge in [0.05, 0.1) is 23.1 Å². The van der Waals surface area contributed by atoms with Crippen LogP contribution in [0, 0.1) is 0 Å². The van der Waals surface area contributed by atoms with Gasteiger partial charge >= 0.3 is 5.69 Å². The number of hydrogen-bond acceptors (Lipinski definition) is 3. The van der Waals surface area contributed by atoms with Crippen LogP contribution in [0.1, 0.15) is 37.8 Å². The molecule has 6 heteroatoms. The van der Waals surface area contributed by atoms with Crippen LogP contribution >= 0.6 is 0 Å². The number of nitrogens with one attached hydrogen (secondary N) is 4. The van der Waals surface area contributed by atoms with Crippen molar-refractivity contribution < 1.29 is 4.79 Å². The number of benzene rings is 1. The zero-order valence-corrected chi connectivity index (χ0v) is 12.0. The van der Waals surface area contributed by atoms with Gasteiger partial charge in [0.25, 0.3) is 0 Å². The predicted octanol–water partition coefficient (Wildman–Crippen LogP) is 1.18. The molecule has 2 heterocycles. The summed E-state index contributed by atoms with van der Waals surface area (Å²) in [6, 6.07) is 5.49. The highest BCUT2D eigenvalue weighted by atomic mass is 16.2. The van der Waals surface area contributed by atoms with E-state index in [1.807, 2.05) is 25.1 Å². The Kier molecular flexibility index (Phi) is 3.79. The smallest absolute Gasteiger partial charge is 0.323 e. The maximum atomic E-state index is 12.2. The molecular formula is C15H20N4O2. The fraction of sp³-hybridized carbons (Fsp3) is 0.467. The third-order valence-electron chi connectivity index (χ3n) is 4.03. The number of H-pyrrole nitrogens is 2. The Bertz CT molecular complexity index is 697. The number of hydrogen-bond donors (Lipinski definition) is 4. The number of carbonyl (C=O) groups excluding carboxylic acids is 1. The second-order valence-electron chi connectivity index (χ2n) is 5.62. The van der Waals surface area contributed by atoms with Gasteiger partial charge in [-0.2, -0.15) is 0 Å². The first-order valence-corrected chi connectivity index (χ1v) is 7.39. The molecule has 1 fully saturated rings. The largest absolute Gasteiger partial charge is 0.348 e. The normalized spacial score (nSPS) is 20.3. The van der Waals surface area contributed by atoms with Crippen molar-refractivity contribution in [3.8, 4) is 0 Å². The Labute approximate surface area is 122 Å². The van der Waals surface area contributed by atoms with Crippen molar-refractivity contribution in [3.63, 3.8) is 0 Å². The molecule has 21 heavy (non-hydrogen) atoms. The molecule has 0 spiro atoms. The summed E-state index contributed by atoms with van der Waals surface area (Å²) in [4.78, 5) is 28.9. The molecule has 2 atom stereocenters. The van der Waals surface area contributed by atoms with Gasteiger partial charge in [0.15, 0.2) is 0 Å². The SMILES string of the molecule is CC(NC(=O)C1CCCCN1)c1ccc2[nH]c(=O)[nH]c2c1. The number of aromatic nitrogens is 2. The predicted molar refractivity (Wildman–Crippen MR) is 81.1 cm³/mol. The van der Waals surface area contributed by atoms with Crippen LogP contribution in [0.3, 0.4) is 0 Å². The van der Waals surface area contributed by atoms with Crippen molar-refractivity contribution in [3.05, 3.63) is 34.2 Å². The molecule has 3 rings (SSSR count). The number of fused-ring (bicyclic) bond motifs is 1. The molecular weight excluding hydrogens is 268 g/mol. The lowest BCUT2D eigenvalue weighted by Gasteiger charge is -2.24. The number of piperidine rings is 1. The van der Waals surface area contributed by atoms with Gasteiger partial charge in [0.2, 0.25) is 5.91 Å². The van der Waals surface area contributed by atoms with Crippen LogP contribution < -0.4 is 16.3 Å². The van der Waals surface area contributed by atoms with Gasteiger partial charge < -0.3 is 20.6 Å². The molecule has 6 nitrogen and oxygen atoms in total. The highest BCUT2D eigenvalue weighted by Gasteiger charge is 2.22. The van der Waals surface area contributed by atoms with Gasteiger partial charge in [-0.05, 0) is 44.0 Å². The minimum atomic E-state index is -0.217. The van der Waals surface area contributed by atoms with Gasteiger partial charge in [-0.1, -0.05) is 12.5 Å². The van der Waals surface area contributed by atoms with Crippen LogP contribution in [0.15, 0.2) is 23.0 Å². The van der Waals surface area contributed by atoms with Gasteiger partial charge in [-0.25, -0.2) is 4.79 Å². The lowest BCUT2D eigenvalue weighted by atomic mass is 10.0. The topological polar surface area (TPSA) is 89.8 Å². The average molecular weight is 288 g/mol. The quantitative estimate of drug-likeness (QED) is 0.683. The highest BCUT2D eigenvalue weighted by Crippen LogP contribution is 2.17. The summed E-state index contributed by atoms with van der Waals surface area (Å²) >= 11 is 0. The fourth-order valence-electron chi connectivity index (χ4n) is 2.79.